The van der Waals surface area contributed by atoms with Crippen molar-refractivity contribution in [3.05, 3.63) is 63.3 Å². The molecule has 0 radical (unpaired) electrons. The molecule has 1 amide bonds. The zero-order valence-electron chi connectivity index (χ0n) is 11.2. The smallest absolute Gasteiger partial charge is 0.272 e. The van der Waals surface area contributed by atoms with Gasteiger partial charge in [0.05, 0.1) is 6.04 Å². The number of halogens is 2. The van der Waals surface area contributed by atoms with Gasteiger partial charge in [-0.1, -0.05) is 23.7 Å². The van der Waals surface area contributed by atoms with E-state index >= 15 is 0 Å². The van der Waals surface area contributed by atoms with E-state index in [-0.39, 0.29) is 11.9 Å². The van der Waals surface area contributed by atoms with Gasteiger partial charge in [0.2, 0.25) is 0 Å². The van der Waals surface area contributed by atoms with Crippen molar-refractivity contribution in [3.8, 4) is 0 Å². The van der Waals surface area contributed by atoms with E-state index in [1.54, 1.807) is 30.3 Å². The van der Waals surface area contributed by atoms with Crippen LogP contribution < -0.4 is 0 Å². The molecule has 20 heavy (non-hydrogen) atoms. The Balaban J connectivity index is 2.17. The van der Waals surface area contributed by atoms with Gasteiger partial charge in [0, 0.05) is 22.7 Å². The molecule has 1 atom stereocenters. The molecule has 0 aliphatic rings. The monoisotopic (exact) mass is 352 g/mol. The third kappa shape index (κ3) is 3.38. The standard InChI is InChI=1S/C15H14BrClN2O/c1-10(11-3-6-13(17)7-4-11)19(2)15(20)14-8-5-12(16)9-18-14/h3-10H,1-2H3. The highest BCUT2D eigenvalue weighted by Gasteiger charge is 2.19. The molecule has 0 fully saturated rings. The van der Waals surface area contributed by atoms with E-state index in [0.29, 0.717) is 10.7 Å². The minimum Gasteiger partial charge on any atom is -0.334 e. The average Bonchev–Trinajstić information content (AvgIpc) is 2.46. The fourth-order valence-electron chi connectivity index (χ4n) is 1.82. The van der Waals surface area contributed by atoms with Crippen LogP contribution in [0.25, 0.3) is 0 Å². The highest BCUT2D eigenvalue weighted by atomic mass is 79.9. The molecule has 0 saturated carbocycles. The topological polar surface area (TPSA) is 33.2 Å². The van der Waals surface area contributed by atoms with E-state index in [1.807, 2.05) is 31.2 Å². The first-order valence-electron chi connectivity index (χ1n) is 6.13. The third-order valence-electron chi connectivity index (χ3n) is 3.20. The van der Waals surface area contributed by atoms with E-state index in [9.17, 15) is 4.79 Å². The van der Waals surface area contributed by atoms with Crippen LogP contribution in [0.4, 0.5) is 0 Å². The molecule has 5 heteroatoms. The Morgan fingerprint density at radius 2 is 1.90 bits per heavy atom. The number of hydrogen-bond donors (Lipinski definition) is 0. The van der Waals surface area contributed by atoms with Crippen LogP contribution in [0, 0.1) is 0 Å². The Labute approximate surface area is 131 Å². The molecular formula is C15H14BrClN2O. The van der Waals surface area contributed by atoms with E-state index in [0.717, 1.165) is 10.0 Å². The Kier molecular flexibility index (Phi) is 4.78. The van der Waals surface area contributed by atoms with Crippen molar-refractivity contribution in [1.82, 2.24) is 9.88 Å². The first-order valence-corrected chi connectivity index (χ1v) is 7.30. The number of carbonyl (C=O) groups excluding carboxylic acids is 1. The van der Waals surface area contributed by atoms with Crippen molar-refractivity contribution in [2.75, 3.05) is 7.05 Å². The summed E-state index contributed by atoms with van der Waals surface area (Å²) in [5.74, 6) is -0.111. The van der Waals surface area contributed by atoms with E-state index in [1.165, 1.54) is 0 Å². The molecule has 0 aliphatic carbocycles. The lowest BCUT2D eigenvalue weighted by Gasteiger charge is -2.25. The van der Waals surface area contributed by atoms with Crippen molar-refractivity contribution in [3.63, 3.8) is 0 Å². The second kappa shape index (κ2) is 6.37. The maximum Gasteiger partial charge on any atom is 0.272 e. The summed E-state index contributed by atoms with van der Waals surface area (Å²) in [4.78, 5) is 18.2. The Hall–Kier alpha value is -1.39. The Morgan fingerprint density at radius 3 is 2.45 bits per heavy atom. The van der Waals surface area contributed by atoms with Gasteiger partial charge >= 0.3 is 0 Å². The van der Waals surface area contributed by atoms with Crippen molar-refractivity contribution < 1.29 is 4.79 Å². The minimum absolute atomic E-state index is 0.0507. The van der Waals surface area contributed by atoms with Crippen LogP contribution >= 0.6 is 27.5 Å². The molecule has 1 aromatic carbocycles. The van der Waals surface area contributed by atoms with Gasteiger partial charge in [-0.25, -0.2) is 4.98 Å². The first-order chi connectivity index (χ1) is 9.49. The lowest BCUT2D eigenvalue weighted by Crippen LogP contribution is -2.30. The van der Waals surface area contributed by atoms with Crippen molar-refractivity contribution in [1.29, 1.82) is 0 Å². The second-order valence-electron chi connectivity index (χ2n) is 4.51. The summed E-state index contributed by atoms with van der Waals surface area (Å²) in [5, 5.41) is 0.685. The summed E-state index contributed by atoms with van der Waals surface area (Å²) in [6.07, 6.45) is 1.62. The molecule has 0 N–H and O–H groups in total. The molecule has 2 rings (SSSR count). The maximum absolute atomic E-state index is 12.4. The van der Waals surface area contributed by atoms with Crippen LogP contribution in [0.3, 0.4) is 0 Å². The predicted molar refractivity (Wildman–Crippen MR) is 83.9 cm³/mol. The summed E-state index contributed by atoms with van der Waals surface area (Å²) in [6.45, 7) is 1.97. The second-order valence-corrected chi connectivity index (χ2v) is 5.86. The molecule has 1 aromatic heterocycles. The zero-order valence-corrected chi connectivity index (χ0v) is 13.5. The van der Waals surface area contributed by atoms with Gasteiger partial charge in [-0.2, -0.15) is 0 Å². The predicted octanol–water partition coefficient (Wildman–Crippen LogP) is 4.33. The number of nitrogens with zero attached hydrogens (tertiary/aromatic N) is 2. The van der Waals surface area contributed by atoms with Gasteiger partial charge in [-0.05, 0) is 52.7 Å². The van der Waals surface area contributed by atoms with E-state index in [2.05, 4.69) is 20.9 Å². The molecule has 0 aliphatic heterocycles. The molecule has 104 valence electrons. The number of aromatic nitrogens is 1. The molecular weight excluding hydrogens is 340 g/mol. The van der Waals surface area contributed by atoms with Gasteiger partial charge in [0.1, 0.15) is 5.69 Å². The third-order valence-corrected chi connectivity index (χ3v) is 3.92. The quantitative estimate of drug-likeness (QED) is 0.823. The number of pyridine rings is 1. The normalized spacial score (nSPS) is 12.0. The molecule has 2 aromatic rings. The van der Waals surface area contributed by atoms with Crippen LogP contribution in [0.15, 0.2) is 47.1 Å². The summed E-state index contributed by atoms with van der Waals surface area (Å²) < 4.78 is 0.849. The minimum atomic E-state index is -0.111. The molecule has 1 unspecified atom stereocenters. The summed E-state index contributed by atoms with van der Waals surface area (Å²) in [7, 11) is 1.77. The molecule has 1 heterocycles. The van der Waals surface area contributed by atoms with Crippen molar-refractivity contribution in [2.24, 2.45) is 0 Å². The summed E-state index contributed by atoms with van der Waals surface area (Å²) in [6, 6.07) is 11.0. The van der Waals surface area contributed by atoms with Gasteiger partial charge in [0.25, 0.3) is 5.91 Å². The number of amides is 1. The Bertz CT molecular complexity index is 598. The summed E-state index contributed by atoms with van der Waals surface area (Å²) >= 11 is 9.18. The number of carbonyl (C=O) groups is 1. The van der Waals surface area contributed by atoms with Gasteiger partial charge < -0.3 is 4.90 Å². The lowest BCUT2D eigenvalue weighted by atomic mass is 10.1. The summed E-state index contributed by atoms with van der Waals surface area (Å²) in [5.41, 5.74) is 1.46. The van der Waals surface area contributed by atoms with Crippen molar-refractivity contribution in [2.45, 2.75) is 13.0 Å². The van der Waals surface area contributed by atoms with Gasteiger partial charge in [-0.15, -0.1) is 0 Å². The average molecular weight is 354 g/mol. The number of hydrogen-bond acceptors (Lipinski definition) is 2. The molecule has 3 nitrogen and oxygen atoms in total. The first kappa shape index (κ1) is 15.0. The SMILES string of the molecule is CC(c1ccc(Cl)cc1)N(C)C(=O)c1ccc(Br)cn1. The van der Waals surface area contributed by atoms with E-state index < -0.39 is 0 Å². The van der Waals surface area contributed by atoms with E-state index in [4.69, 9.17) is 11.6 Å². The largest absolute Gasteiger partial charge is 0.334 e. The Morgan fingerprint density at radius 1 is 1.25 bits per heavy atom. The van der Waals surface area contributed by atoms with Crippen LogP contribution in [0.1, 0.15) is 29.0 Å². The number of rotatable bonds is 3. The van der Waals surface area contributed by atoms with Gasteiger partial charge in [-0.3, -0.25) is 4.79 Å². The maximum atomic E-state index is 12.4. The fourth-order valence-corrected chi connectivity index (χ4v) is 2.18. The molecule has 0 spiro atoms. The van der Waals surface area contributed by atoms with Crippen LogP contribution in [-0.4, -0.2) is 22.8 Å². The highest BCUT2D eigenvalue weighted by molar-refractivity contribution is 9.10. The number of benzene rings is 1. The fraction of sp³-hybridized carbons (Fsp3) is 0.200. The zero-order chi connectivity index (χ0) is 14.7. The molecule has 0 saturated heterocycles. The lowest BCUT2D eigenvalue weighted by molar-refractivity contribution is 0.0736. The van der Waals surface area contributed by atoms with Crippen molar-refractivity contribution >= 4 is 33.4 Å². The molecule has 0 bridgehead atoms. The van der Waals surface area contributed by atoms with Gasteiger partial charge in [0.15, 0.2) is 0 Å². The van der Waals surface area contributed by atoms with Crippen LogP contribution in [-0.2, 0) is 0 Å². The highest BCUT2D eigenvalue weighted by Crippen LogP contribution is 2.22. The van der Waals surface area contributed by atoms with Crippen LogP contribution in [0.2, 0.25) is 5.02 Å². The van der Waals surface area contributed by atoms with Crippen LogP contribution in [0.5, 0.6) is 0 Å².